The van der Waals surface area contributed by atoms with Gasteiger partial charge in [-0.05, 0) is 41.7 Å². The third-order valence-electron chi connectivity index (χ3n) is 5.82. The molecule has 0 spiro atoms. The number of carbonyl (C=O) groups excluding carboxylic acids is 3. The molecule has 3 aromatic carbocycles. The summed E-state index contributed by atoms with van der Waals surface area (Å²) >= 11 is 0. The van der Waals surface area contributed by atoms with E-state index in [9.17, 15) is 14.4 Å². The van der Waals surface area contributed by atoms with Crippen LogP contribution in [-0.4, -0.2) is 30.0 Å². The summed E-state index contributed by atoms with van der Waals surface area (Å²) in [5.74, 6) is -1.16. The smallest absolute Gasteiger partial charge is 0.408 e. The second-order valence-electron chi connectivity index (χ2n) is 8.49. The van der Waals surface area contributed by atoms with Crippen LogP contribution in [0.15, 0.2) is 78.9 Å². The Balaban J connectivity index is 1.72. The van der Waals surface area contributed by atoms with Gasteiger partial charge in [0, 0.05) is 12.8 Å². The van der Waals surface area contributed by atoms with E-state index in [1.54, 1.807) is 0 Å². The van der Waals surface area contributed by atoms with Crippen LogP contribution in [0.25, 0.3) is 0 Å². The maximum absolute atomic E-state index is 13.2. The molecule has 182 valence electrons. The molecule has 0 bridgehead atoms. The molecule has 0 saturated carbocycles. The highest BCUT2D eigenvalue weighted by molar-refractivity contribution is 5.91. The normalized spacial score (nSPS) is 12.3. The Morgan fingerprint density at radius 2 is 1.31 bits per heavy atom. The van der Waals surface area contributed by atoms with E-state index in [4.69, 9.17) is 10.5 Å². The first kappa shape index (κ1) is 25.5. The van der Waals surface area contributed by atoms with Crippen LogP contribution in [0.3, 0.4) is 0 Å². The number of rotatable bonds is 10. The summed E-state index contributed by atoms with van der Waals surface area (Å²) in [6, 6.07) is 22.5. The van der Waals surface area contributed by atoms with Crippen molar-refractivity contribution in [3.05, 3.63) is 107 Å². The lowest BCUT2D eigenvalue weighted by molar-refractivity contribution is -0.128. The van der Waals surface area contributed by atoms with E-state index >= 15 is 0 Å². The molecule has 0 unspecified atom stereocenters. The standard InChI is InChI=1S/C28H31N3O4/c1-19-10-9-11-20(2)23(19)17-24(26(29)32)30-27(33)25(16-21-12-5-3-6-13-21)31-28(34)35-18-22-14-7-4-8-15-22/h3-15,24-25H,16-18H2,1-2H3,(H2,29,32)(H,30,33)(H,31,34)/t24-,25-/m1/s1. The zero-order valence-electron chi connectivity index (χ0n) is 20.0. The SMILES string of the molecule is Cc1cccc(C)c1C[C@@H](NC(=O)[C@@H](Cc1ccccc1)NC(=O)OCc1ccccc1)C(N)=O. The van der Waals surface area contributed by atoms with Gasteiger partial charge < -0.3 is 21.1 Å². The summed E-state index contributed by atoms with van der Waals surface area (Å²) in [5, 5.41) is 5.38. The number of nitrogens with one attached hydrogen (secondary N) is 2. The second kappa shape index (κ2) is 12.4. The van der Waals surface area contributed by atoms with Gasteiger partial charge >= 0.3 is 6.09 Å². The number of nitrogens with two attached hydrogens (primary N) is 1. The van der Waals surface area contributed by atoms with Crippen molar-refractivity contribution in [2.45, 2.75) is 45.4 Å². The topological polar surface area (TPSA) is 111 Å². The average Bonchev–Trinajstić information content (AvgIpc) is 2.85. The molecular weight excluding hydrogens is 442 g/mol. The number of carbonyl (C=O) groups is 3. The molecule has 3 aromatic rings. The number of amides is 3. The summed E-state index contributed by atoms with van der Waals surface area (Å²) in [7, 11) is 0. The van der Waals surface area contributed by atoms with E-state index in [2.05, 4.69) is 10.6 Å². The van der Waals surface area contributed by atoms with Crippen molar-refractivity contribution in [1.82, 2.24) is 10.6 Å². The van der Waals surface area contributed by atoms with Crippen molar-refractivity contribution in [2.24, 2.45) is 5.73 Å². The van der Waals surface area contributed by atoms with Crippen molar-refractivity contribution < 1.29 is 19.1 Å². The highest BCUT2D eigenvalue weighted by atomic mass is 16.5. The molecule has 0 aliphatic rings. The van der Waals surface area contributed by atoms with Crippen LogP contribution in [0.1, 0.15) is 27.8 Å². The molecule has 7 nitrogen and oxygen atoms in total. The van der Waals surface area contributed by atoms with Gasteiger partial charge in [-0.15, -0.1) is 0 Å². The molecule has 7 heteroatoms. The van der Waals surface area contributed by atoms with E-state index in [0.29, 0.717) is 0 Å². The van der Waals surface area contributed by atoms with Crippen LogP contribution < -0.4 is 16.4 Å². The van der Waals surface area contributed by atoms with E-state index in [1.165, 1.54) is 0 Å². The number of alkyl carbamates (subject to hydrolysis) is 1. The fourth-order valence-electron chi connectivity index (χ4n) is 3.84. The molecule has 0 heterocycles. The maximum atomic E-state index is 13.2. The van der Waals surface area contributed by atoms with Gasteiger partial charge in [0.2, 0.25) is 11.8 Å². The fraction of sp³-hybridized carbons (Fsp3) is 0.250. The lowest BCUT2D eigenvalue weighted by Crippen LogP contribution is -2.54. The highest BCUT2D eigenvalue weighted by Crippen LogP contribution is 2.16. The number of hydrogen-bond donors (Lipinski definition) is 3. The largest absolute Gasteiger partial charge is 0.445 e. The van der Waals surface area contributed by atoms with E-state index in [-0.39, 0.29) is 19.4 Å². The Morgan fingerprint density at radius 3 is 1.89 bits per heavy atom. The van der Waals surface area contributed by atoms with Crippen molar-refractivity contribution in [3.63, 3.8) is 0 Å². The second-order valence-corrected chi connectivity index (χ2v) is 8.49. The lowest BCUT2D eigenvalue weighted by Gasteiger charge is -2.23. The van der Waals surface area contributed by atoms with Crippen LogP contribution in [0, 0.1) is 13.8 Å². The third kappa shape index (κ3) is 7.71. The van der Waals surface area contributed by atoms with Crippen LogP contribution in [0.4, 0.5) is 4.79 Å². The number of ether oxygens (including phenoxy) is 1. The summed E-state index contributed by atoms with van der Waals surface area (Å²) in [5.41, 5.74) is 10.3. The molecule has 0 fully saturated rings. The van der Waals surface area contributed by atoms with Crippen molar-refractivity contribution in [2.75, 3.05) is 0 Å². The van der Waals surface area contributed by atoms with E-state index < -0.39 is 30.0 Å². The molecule has 0 aliphatic carbocycles. The molecule has 0 saturated heterocycles. The van der Waals surface area contributed by atoms with Crippen LogP contribution in [0.2, 0.25) is 0 Å². The Bertz CT molecular complexity index is 1130. The summed E-state index contributed by atoms with van der Waals surface area (Å²) in [6.07, 6.45) is -0.242. The lowest BCUT2D eigenvalue weighted by atomic mass is 9.95. The van der Waals surface area contributed by atoms with Gasteiger partial charge in [-0.2, -0.15) is 0 Å². The van der Waals surface area contributed by atoms with Gasteiger partial charge in [-0.3, -0.25) is 9.59 Å². The van der Waals surface area contributed by atoms with Gasteiger partial charge in [0.25, 0.3) is 0 Å². The minimum Gasteiger partial charge on any atom is -0.445 e. The van der Waals surface area contributed by atoms with Gasteiger partial charge in [-0.1, -0.05) is 78.9 Å². The van der Waals surface area contributed by atoms with Gasteiger partial charge in [-0.25, -0.2) is 4.79 Å². The molecular formula is C28H31N3O4. The Morgan fingerprint density at radius 1 is 0.743 bits per heavy atom. The van der Waals surface area contributed by atoms with Gasteiger partial charge in [0.1, 0.15) is 18.7 Å². The summed E-state index contributed by atoms with van der Waals surface area (Å²) < 4.78 is 5.30. The molecule has 3 amide bonds. The maximum Gasteiger partial charge on any atom is 0.408 e. The average molecular weight is 474 g/mol. The molecule has 35 heavy (non-hydrogen) atoms. The zero-order chi connectivity index (χ0) is 25.2. The number of hydrogen-bond acceptors (Lipinski definition) is 4. The Kier molecular flexibility index (Phi) is 9.01. The predicted molar refractivity (Wildman–Crippen MR) is 134 cm³/mol. The highest BCUT2D eigenvalue weighted by Gasteiger charge is 2.27. The fourth-order valence-corrected chi connectivity index (χ4v) is 3.84. The molecule has 3 rings (SSSR count). The first-order valence-corrected chi connectivity index (χ1v) is 11.5. The first-order valence-electron chi connectivity index (χ1n) is 11.5. The minimum absolute atomic E-state index is 0.0722. The van der Waals surface area contributed by atoms with Gasteiger partial charge in [0.15, 0.2) is 0 Å². The van der Waals surface area contributed by atoms with E-state index in [0.717, 1.165) is 27.8 Å². The Hall–Kier alpha value is -4.13. The third-order valence-corrected chi connectivity index (χ3v) is 5.82. The zero-order valence-corrected chi connectivity index (χ0v) is 20.0. The quantitative estimate of drug-likeness (QED) is 0.419. The molecule has 0 aromatic heterocycles. The van der Waals surface area contributed by atoms with Gasteiger partial charge in [0.05, 0.1) is 0 Å². The molecule has 2 atom stereocenters. The van der Waals surface area contributed by atoms with E-state index in [1.807, 2.05) is 92.7 Å². The molecule has 0 radical (unpaired) electrons. The minimum atomic E-state index is -0.958. The van der Waals surface area contributed by atoms with Crippen LogP contribution in [0.5, 0.6) is 0 Å². The van der Waals surface area contributed by atoms with Crippen LogP contribution >= 0.6 is 0 Å². The Labute approximate surface area is 205 Å². The summed E-state index contributed by atoms with van der Waals surface area (Å²) in [4.78, 5) is 38.0. The van der Waals surface area contributed by atoms with Crippen molar-refractivity contribution >= 4 is 17.9 Å². The predicted octanol–water partition coefficient (Wildman–Crippen LogP) is 3.35. The van der Waals surface area contributed by atoms with Crippen LogP contribution in [-0.2, 0) is 33.8 Å². The van der Waals surface area contributed by atoms with Crippen molar-refractivity contribution in [3.8, 4) is 0 Å². The monoisotopic (exact) mass is 473 g/mol. The molecule has 4 N–H and O–H groups in total. The van der Waals surface area contributed by atoms with Crippen molar-refractivity contribution in [1.29, 1.82) is 0 Å². The number of primary amides is 1. The summed E-state index contributed by atoms with van der Waals surface area (Å²) in [6.45, 7) is 3.97. The first-order chi connectivity index (χ1) is 16.8. The number of benzene rings is 3. The molecule has 0 aliphatic heterocycles. The number of aryl methyl sites for hydroxylation is 2.